The topological polar surface area (TPSA) is 72.2 Å². The number of nitrogens with two attached hydrogens (primary N) is 1. The van der Waals surface area contributed by atoms with Crippen LogP contribution in [0.25, 0.3) is 0 Å². The molecule has 6 heteroatoms. The van der Waals surface area contributed by atoms with Gasteiger partial charge in [-0.3, -0.25) is 9.59 Å². The van der Waals surface area contributed by atoms with Gasteiger partial charge in [-0.15, -0.1) is 22.9 Å². The lowest BCUT2D eigenvalue weighted by Crippen LogP contribution is -2.23. The van der Waals surface area contributed by atoms with Gasteiger partial charge in [0.05, 0.1) is 5.56 Å². The molecule has 1 heterocycles. The van der Waals surface area contributed by atoms with Gasteiger partial charge in [0.15, 0.2) is 0 Å². The summed E-state index contributed by atoms with van der Waals surface area (Å²) in [5.74, 6) is -0.0810. The number of hydrogen-bond acceptors (Lipinski definition) is 3. The number of amides is 2. The van der Waals surface area contributed by atoms with E-state index in [1.54, 1.807) is 6.92 Å². The molecule has 1 aromatic heterocycles. The number of halogens is 1. The Balaban J connectivity index is 2.33. The van der Waals surface area contributed by atoms with Crippen molar-refractivity contribution in [2.75, 3.05) is 11.2 Å². The van der Waals surface area contributed by atoms with Gasteiger partial charge in [-0.05, 0) is 30.7 Å². The monoisotopic (exact) mass is 314 g/mol. The number of rotatable bonds is 4. The van der Waals surface area contributed by atoms with Gasteiger partial charge in [0.2, 0.25) is 5.91 Å². The lowest BCUT2D eigenvalue weighted by atomic mass is 9.88. The van der Waals surface area contributed by atoms with E-state index < -0.39 is 5.91 Å². The van der Waals surface area contributed by atoms with E-state index in [0.717, 1.165) is 24.8 Å². The van der Waals surface area contributed by atoms with Crippen LogP contribution in [0, 0.1) is 11.8 Å². The molecule has 1 aliphatic rings. The van der Waals surface area contributed by atoms with Crippen molar-refractivity contribution in [3.05, 3.63) is 16.0 Å². The Kier molecular flexibility index (Phi) is 4.70. The number of anilines is 1. The van der Waals surface area contributed by atoms with E-state index in [4.69, 9.17) is 17.3 Å². The van der Waals surface area contributed by atoms with Gasteiger partial charge in [-0.1, -0.05) is 13.8 Å². The molecule has 0 spiro atoms. The Hall–Kier alpha value is -1.07. The largest absolute Gasteiger partial charge is 0.365 e. The molecule has 0 saturated carbocycles. The van der Waals surface area contributed by atoms with E-state index in [1.165, 1.54) is 16.2 Å². The molecule has 110 valence electrons. The smallest absolute Gasteiger partial charge is 0.251 e. The zero-order valence-corrected chi connectivity index (χ0v) is 13.2. The van der Waals surface area contributed by atoms with Gasteiger partial charge >= 0.3 is 0 Å². The summed E-state index contributed by atoms with van der Waals surface area (Å²) in [7, 11) is 0. The summed E-state index contributed by atoms with van der Waals surface area (Å²) in [6, 6.07) is 0. The minimum absolute atomic E-state index is 0.172. The molecule has 2 atom stereocenters. The van der Waals surface area contributed by atoms with E-state index in [2.05, 4.69) is 12.2 Å². The molecule has 0 radical (unpaired) electrons. The SMILES string of the molecule is CC1CCc2c(sc(NC(=O)C(C)CCl)c2C(N)=O)C1. The molecular formula is C14H19ClN2O2S. The number of hydrogen-bond donors (Lipinski definition) is 2. The fourth-order valence-corrected chi connectivity index (χ4v) is 3.96. The predicted octanol–water partition coefficient (Wildman–Crippen LogP) is 2.79. The van der Waals surface area contributed by atoms with Crippen molar-refractivity contribution in [3.63, 3.8) is 0 Å². The molecule has 2 amide bonds. The minimum atomic E-state index is -0.467. The van der Waals surface area contributed by atoms with Gasteiger partial charge in [0, 0.05) is 16.7 Å². The van der Waals surface area contributed by atoms with E-state index in [9.17, 15) is 9.59 Å². The van der Waals surface area contributed by atoms with Gasteiger partial charge in [0.25, 0.3) is 5.91 Å². The van der Waals surface area contributed by atoms with Gasteiger partial charge in [0.1, 0.15) is 5.00 Å². The van der Waals surface area contributed by atoms with Crippen LogP contribution in [0.3, 0.4) is 0 Å². The first kappa shape index (κ1) is 15.3. The van der Waals surface area contributed by atoms with Gasteiger partial charge < -0.3 is 11.1 Å². The number of carbonyl (C=O) groups is 2. The van der Waals surface area contributed by atoms with Crippen LogP contribution < -0.4 is 11.1 Å². The lowest BCUT2D eigenvalue weighted by Gasteiger charge is -2.18. The van der Waals surface area contributed by atoms with E-state index in [0.29, 0.717) is 16.5 Å². The van der Waals surface area contributed by atoms with Crippen LogP contribution in [0.1, 0.15) is 41.1 Å². The minimum Gasteiger partial charge on any atom is -0.365 e. The summed E-state index contributed by atoms with van der Waals surface area (Å²) in [4.78, 5) is 24.8. The Morgan fingerprint density at radius 1 is 1.55 bits per heavy atom. The highest BCUT2D eigenvalue weighted by Crippen LogP contribution is 2.39. The van der Waals surface area contributed by atoms with E-state index in [-0.39, 0.29) is 17.7 Å². The Morgan fingerprint density at radius 3 is 2.85 bits per heavy atom. The molecular weight excluding hydrogens is 296 g/mol. The second-order valence-electron chi connectivity index (χ2n) is 5.46. The molecule has 2 rings (SSSR count). The molecule has 0 saturated heterocycles. The quantitative estimate of drug-likeness (QED) is 0.839. The molecule has 20 heavy (non-hydrogen) atoms. The Morgan fingerprint density at radius 2 is 2.25 bits per heavy atom. The summed E-state index contributed by atoms with van der Waals surface area (Å²) in [5, 5.41) is 3.39. The molecule has 0 fully saturated rings. The number of carbonyl (C=O) groups excluding carboxylic acids is 2. The van der Waals surface area contributed by atoms with Crippen LogP contribution in [-0.2, 0) is 17.6 Å². The summed E-state index contributed by atoms with van der Waals surface area (Å²) >= 11 is 7.16. The summed E-state index contributed by atoms with van der Waals surface area (Å²) in [5.41, 5.74) is 7.01. The van der Waals surface area contributed by atoms with Gasteiger partial charge in [-0.25, -0.2) is 0 Å². The second-order valence-corrected chi connectivity index (χ2v) is 6.88. The van der Waals surface area contributed by atoms with Crippen molar-refractivity contribution >= 4 is 39.8 Å². The molecule has 1 aliphatic carbocycles. The number of primary amides is 1. The van der Waals surface area contributed by atoms with Crippen molar-refractivity contribution in [2.24, 2.45) is 17.6 Å². The van der Waals surface area contributed by atoms with Crippen molar-refractivity contribution < 1.29 is 9.59 Å². The van der Waals surface area contributed by atoms with Crippen LogP contribution >= 0.6 is 22.9 Å². The van der Waals surface area contributed by atoms with Crippen LogP contribution in [-0.4, -0.2) is 17.7 Å². The zero-order chi connectivity index (χ0) is 14.9. The number of fused-ring (bicyclic) bond motifs is 1. The van der Waals surface area contributed by atoms with Crippen molar-refractivity contribution in [1.29, 1.82) is 0 Å². The van der Waals surface area contributed by atoms with Gasteiger partial charge in [-0.2, -0.15) is 0 Å². The van der Waals surface area contributed by atoms with Crippen LogP contribution in [0.15, 0.2) is 0 Å². The van der Waals surface area contributed by atoms with Crippen LogP contribution in [0.5, 0.6) is 0 Å². The average Bonchev–Trinajstić information content (AvgIpc) is 2.74. The third kappa shape index (κ3) is 2.99. The number of nitrogens with one attached hydrogen (secondary N) is 1. The first-order valence-corrected chi connectivity index (χ1v) is 8.10. The lowest BCUT2D eigenvalue weighted by molar-refractivity contribution is -0.118. The number of thiophene rings is 1. The molecule has 0 aromatic carbocycles. The first-order chi connectivity index (χ1) is 9.43. The molecule has 2 unspecified atom stereocenters. The third-order valence-electron chi connectivity index (χ3n) is 3.67. The average molecular weight is 315 g/mol. The van der Waals surface area contributed by atoms with Crippen LogP contribution in [0.2, 0.25) is 0 Å². The van der Waals surface area contributed by atoms with E-state index in [1.807, 2.05) is 0 Å². The standard InChI is InChI=1S/C14H19ClN2O2S/c1-7-3-4-9-10(5-7)20-14(11(9)12(16)18)17-13(19)8(2)6-15/h7-8H,3-6H2,1-2H3,(H2,16,18)(H,17,19). The third-order valence-corrected chi connectivity index (χ3v) is 5.31. The Labute approximate surface area is 127 Å². The predicted molar refractivity (Wildman–Crippen MR) is 82.5 cm³/mol. The zero-order valence-electron chi connectivity index (χ0n) is 11.7. The first-order valence-electron chi connectivity index (χ1n) is 6.75. The maximum atomic E-state index is 12.0. The maximum absolute atomic E-state index is 12.0. The van der Waals surface area contributed by atoms with Crippen molar-refractivity contribution in [3.8, 4) is 0 Å². The highest BCUT2D eigenvalue weighted by Gasteiger charge is 2.27. The van der Waals surface area contributed by atoms with Crippen molar-refractivity contribution in [2.45, 2.75) is 33.1 Å². The molecule has 1 aromatic rings. The van der Waals surface area contributed by atoms with Crippen molar-refractivity contribution in [1.82, 2.24) is 0 Å². The molecule has 4 nitrogen and oxygen atoms in total. The highest BCUT2D eigenvalue weighted by molar-refractivity contribution is 7.17. The molecule has 0 aliphatic heterocycles. The molecule has 3 N–H and O–H groups in total. The highest BCUT2D eigenvalue weighted by atomic mass is 35.5. The maximum Gasteiger partial charge on any atom is 0.251 e. The van der Waals surface area contributed by atoms with E-state index >= 15 is 0 Å². The number of alkyl halides is 1. The summed E-state index contributed by atoms with van der Waals surface area (Å²) in [6.45, 7) is 3.95. The second kappa shape index (κ2) is 6.14. The van der Waals surface area contributed by atoms with Crippen LogP contribution in [0.4, 0.5) is 5.00 Å². The fraction of sp³-hybridized carbons (Fsp3) is 0.571. The fourth-order valence-electron chi connectivity index (χ4n) is 2.40. The summed E-state index contributed by atoms with van der Waals surface area (Å²) < 4.78 is 0. The molecule has 0 bridgehead atoms. The Bertz CT molecular complexity index is 542. The normalized spacial score (nSPS) is 19.2. The summed E-state index contributed by atoms with van der Waals surface area (Å²) in [6.07, 6.45) is 2.85.